The number of hydrogen-bond acceptors (Lipinski definition) is 4. The summed E-state index contributed by atoms with van der Waals surface area (Å²) in [5.74, 6) is 0.511. The summed E-state index contributed by atoms with van der Waals surface area (Å²) < 4.78 is 0. The van der Waals surface area contributed by atoms with Gasteiger partial charge in [-0.2, -0.15) is 5.10 Å². The molecule has 2 heterocycles. The van der Waals surface area contributed by atoms with E-state index >= 15 is 0 Å². The molecular weight excluding hydrogens is 326 g/mol. The van der Waals surface area contributed by atoms with Crippen molar-refractivity contribution in [1.29, 1.82) is 0 Å². The lowest BCUT2D eigenvalue weighted by Gasteiger charge is -2.03. The van der Waals surface area contributed by atoms with Gasteiger partial charge in [0.2, 0.25) is 0 Å². The molecule has 0 bridgehead atoms. The molecule has 0 unspecified atom stereocenters. The summed E-state index contributed by atoms with van der Waals surface area (Å²) in [6.45, 7) is 1.70. The lowest BCUT2D eigenvalue weighted by atomic mass is 10.1. The zero-order valence-electron chi connectivity index (χ0n) is 13.1. The number of carbonyl (C=O) groups excluding carboxylic acids is 1. The molecule has 7 heteroatoms. The van der Waals surface area contributed by atoms with E-state index < -0.39 is 5.91 Å². The Hall–Kier alpha value is -2.73. The highest BCUT2D eigenvalue weighted by molar-refractivity contribution is 6.33. The van der Waals surface area contributed by atoms with Crippen LogP contribution in [0.15, 0.2) is 42.6 Å². The minimum atomic E-state index is -0.411. The molecule has 0 atom stereocenters. The number of aryl methyl sites for hydroxylation is 3. The van der Waals surface area contributed by atoms with Gasteiger partial charge in [0.15, 0.2) is 11.5 Å². The Morgan fingerprint density at radius 2 is 2.04 bits per heavy atom. The highest BCUT2D eigenvalue weighted by atomic mass is 35.5. The van der Waals surface area contributed by atoms with E-state index in [2.05, 4.69) is 37.6 Å². The predicted octanol–water partition coefficient (Wildman–Crippen LogP) is 3.20. The number of anilines is 1. The van der Waals surface area contributed by atoms with Crippen molar-refractivity contribution in [3.05, 3.63) is 70.4 Å². The third-order valence-corrected chi connectivity index (χ3v) is 3.75. The molecule has 0 aliphatic rings. The number of aromatic nitrogens is 4. The minimum Gasteiger partial charge on any atom is -0.304 e. The van der Waals surface area contributed by atoms with Crippen molar-refractivity contribution >= 4 is 23.3 Å². The van der Waals surface area contributed by atoms with Crippen LogP contribution in [0.4, 0.5) is 5.82 Å². The van der Waals surface area contributed by atoms with Crippen LogP contribution in [0.2, 0.25) is 5.02 Å². The Morgan fingerprint density at radius 1 is 1.25 bits per heavy atom. The standard InChI is InChI=1S/C17H16ClN5O/c1-11-19-10-14(18)16(20-11)17(24)21-15-9-13(22-23-15)8-7-12-5-3-2-4-6-12/h2-6,9-10H,7-8H2,1H3,(H2,21,22,23,24). The van der Waals surface area contributed by atoms with Crippen LogP contribution in [0, 0.1) is 6.92 Å². The van der Waals surface area contributed by atoms with Gasteiger partial charge in [0.25, 0.3) is 5.91 Å². The maximum Gasteiger partial charge on any atom is 0.277 e. The van der Waals surface area contributed by atoms with Crippen LogP contribution in [0.3, 0.4) is 0 Å². The molecule has 0 radical (unpaired) electrons. The number of hydrogen-bond donors (Lipinski definition) is 2. The normalized spacial score (nSPS) is 10.6. The molecule has 1 amide bonds. The summed E-state index contributed by atoms with van der Waals surface area (Å²) in [4.78, 5) is 20.2. The Kier molecular flexibility index (Phi) is 4.86. The highest BCUT2D eigenvalue weighted by Crippen LogP contribution is 2.15. The van der Waals surface area contributed by atoms with Crippen LogP contribution in [0.1, 0.15) is 27.6 Å². The van der Waals surface area contributed by atoms with Crippen LogP contribution >= 0.6 is 11.6 Å². The molecule has 0 saturated carbocycles. The molecule has 6 nitrogen and oxygen atoms in total. The van der Waals surface area contributed by atoms with E-state index in [1.54, 1.807) is 6.92 Å². The van der Waals surface area contributed by atoms with Gasteiger partial charge in [0.1, 0.15) is 5.82 Å². The van der Waals surface area contributed by atoms with E-state index in [0.29, 0.717) is 11.6 Å². The second-order valence-corrected chi connectivity index (χ2v) is 5.74. The Bertz CT molecular complexity index is 847. The van der Waals surface area contributed by atoms with E-state index in [-0.39, 0.29) is 10.7 Å². The average Bonchev–Trinajstić information content (AvgIpc) is 3.03. The molecule has 1 aromatic carbocycles. The van der Waals surface area contributed by atoms with E-state index in [1.165, 1.54) is 11.8 Å². The molecule has 3 rings (SSSR count). The zero-order valence-corrected chi connectivity index (χ0v) is 13.8. The summed E-state index contributed by atoms with van der Waals surface area (Å²) >= 11 is 5.97. The average molecular weight is 342 g/mol. The summed E-state index contributed by atoms with van der Waals surface area (Å²) in [6, 6.07) is 12.0. The van der Waals surface area contributed by atoms with Gasteiger partial charge < -0.3 is 5.32 Å². The fourth-order valence-corrected chi connectivity index (χ4v) is 2.44. The first-order valence-corrected chi connectivity index (χ1v) is 7.88. The number of amides is 1. The van der Waals surface area contributed by atoms with Gasteiger partial charge in [-0.25, -0.2) is 9.97 Å². The number of rotatable bonds is 5. The molecule has 0 aliphatic carbocycles. The number of aromatic amines is 1. The van der Waals surface area contributed by atoms with Crippen LogP contribution in [0.25, 0.3) is 0 Å². The first-order chi connectivity index (χ1) is 11.6. The molecule has 0 saturated heterocycles. The van der Waals surface area contributed by atoms with Crippen molar-refractivity contribution in [2.24, 2.45) is 0 Å². The van der Waals surface area contributed by atoms with Crippen LogP contribution in [-0.2, 0) is 12.8 Å². The smallest absolute Gasteiger partial charge is 0.277 e. The van der Waals surface area contributed by atoms with Crippen LogP contribution < -0.4 is 5.32 Å². The second-order valence-electron chi connectivity index (χ2n) is 5.33. The molecule has 0 aliphatic heterocycles. The third-order valence-electron chi connectivity index (χ3n) is 3.48. The molecule has 0 spiro atoms. The van der Waals surface area contributed by atoms with Crippen molar-refractivity contribution in [3.63, 3.8) is 0 Å². The van der Waals surface area contributed by atoms with Crippen molar-refractivity contribution in [1.82, 2.24) is 20.2 Å². The lowest BCUT2D eigenvalue weighted by Crippen LogP contribution is -2.15. The molecule has 2 N–H and O–H groups in total. The van der Waals surface area contributed by atoms with Crippen molar-refractivity contribution in [3.8, 4) is 0 Å². The molecule has 24 heavy (non-hydrogen) atoms. The largest absolute Gasteiger partial charge is 0.304 e. The fourth-order valence-electron chi connectivity index (χ4n) is 2.27. The summed E-state index contributed by atoms with van der Waals surface area (Å²) in [6.07, 6.45) is 3.11. The van der Waals surface area contributed by atoms with Gasteiger partial charge in [-0.3, -0.25) is 9.89 Å². The van der Waals surface area contributed by atoms with Gasteiger partial charge in [0.05, 0.1) is 11.2 Å². The number of nitrogens with zero attached hydrogens (tertiary/aromatic N) is 3. The third kappa shape index (κ3) is 3.97. The van der Waals surface area contributed by atoms with Crippen LogP contribution in [-0.4, -0.2) is 26.1 Å². The Morgan fingerprint density at radius 3 is 2.83 bits per heavy atom. The summed E-state index contributed by atoms with van der Waals surface area (Å²) in [5, 5.41) is 9.93. The number of H-pyrrole nitrogens is 1. The molecule has 2 aromatic heterocycles. The van der Waals surface area contributed by atoms with E-state index in [4.69, 9.17) is 11.6 Å². The monoisotopic (exact) mass is 341 g/mol. The molecule has 122 valence electrons. The van der Waals surface area contributed by atoms with E-state index in [0.717, 1.165) is 18.5 Å². The molecular formula is C17H16ClN5O. The molecule has 0 fully saturated rings. The number of nitrogens with one attached hydrogen (secondary N) is 2. The highest BCUT2D eigenvalue weighted by Gasteiger charge is 2.14. The number of benzene rings is 1. The SMILES string of the molecule is Cc1ncc(Cl)c(C(=O)Nc2cc(CCc3ccccc3)[nH]n2)n1. The Balaban J connectivity index is 1.63. The van der Waals surface area contributed by atoms with E-state index in [1.807, 2.05) is 24.3 Å². The fraction of sp³-hybridized carbons (Fsp3) is 0.176. The van der Waals surface area contributed by atoms with Crippen molar-refractivity contribution in [2.45, 2.75) is 19.8 Å². The van der Waals surface area contributed by atoms with Gasteiger partial charge in [-0.05, 0) is 25.3 Å². The topological polar surface area (TPSA) is 83.6 Å². The predicted molar refractivity (Wildman–Crippen MR) is 92.2 cm³/mol. The second kappa shape index (κ2) is 7.23. The molecule has 3 aromatic rings. The van der Waals surface area contributed by atoms with Crippen LogP contribution in [0.5, 0.6) is 0 Å². The van der Waals surface area contributed by atoms with Gasteiger partial charge in [-0.15, -0.1) is 0 Å². The van der Waals surface area contributed by atoms with Gasteiger partial charge in [0, 0.05) is 11.8 Å². The number of carbonyl (C=O) groups is 1. The van der Waals surface area contributed by atoms with Crippen molar-refractivity contribution < 1.29 is 4.79 Å². The van der Waals surface area contributed by atoms with Gasteiger partial charge in [-0.1, -0.05) is 41.9 Å². The first kappa shape index (κ1) is 16.1. The minimum absolute atomic E-state index is 0.137. The summed E-state index contributed by atoms with van der Waals surface area (Å²) in [7, 11) is 0. The summed E-state index contributed by atoms with van der Waals surface area (Å²) in [5.41, 5.74) is 2.33. The first-order valence-electron chi connectivity index (χ1n) is 7.50. The van der Waals surface area contributed by atoms with Gasteiger partial charge >= 0.3 is 0 Å². The maximum atomic E-state index is 12.2. The lowest BCUT2D eigenvalue weighted by molar-refractivity contribution is 0.102. The maximum absolute atomic E-state index is 12.2. The quantitative estimate of drug-likeness (QED) is 0.746. The zero-order chi connectivity index (χ0) is 16.9. The number of halogens is 1. The van der Waals surface area contributed by atoms with Crippen molar-refractivity contribution in [2.75, 3.05) is 5.32 Å². The van der Waals surface area contributed by atoms with E-state index in [9.17, 15) is 4.79 Å². The Labute approximate surface area is 144 Å².